The monoisotopic (exact) mass is 284 g/mol. The minimum absolute atomic E-state index is 0.00431. The minimum Gasteiger partial charge on any atom is -0.326 e. The highest BCUT2D eigenvalue weighted by Crippen LogP contribution is 2.23. The highest BCUT2D eigenvalue weighted by molar-refractivity contribution is 5.14. The lowest BCUT2D eigenvalue weighted by Gasteiger charge is -2.32. The minimum atomic E-state index is 0.00431. The maximum absolute atomic E-state index is 6.23. The predicted octanol–water partition coefficient (Wildman–Crippen LogP) is 2.70. The van der Waals surface area contributed by atoms with Crippen LogP contribution in [0.25, 0.3) is 0 Å². The van der Waals surface area contributed by atoms with E-state index in [-0.39, 0.29) is 12.1 Å². The average Bonchev–Trinajstić information content (AvgIpc) is 2.47. The van der Waals surface area contributed by atoms with Crippen molar-refractivity contribution < 1.29 is 0 Å². The second kappa shape index (κ2) is 7.29. The SMILES string of the molecule is CCN(Cc1cccc(C)n1)C(c1ccccn1)C(C)N. The zero-order valence-electron chi connectivity index (χ0n) is 13.0. The molecule has 2 heterocycles. The van der Waals surface area contributed by atoms with Crippen LogP contribution in [0, 0.1) is 6.92 Å². The first-order valence-electron chi connectivity index (χ1n) is 7.45. The molecule has 2 atom stereocenters. The third-order valence-electron chi connectivity index (χ3n) is 3.60. The Labute approximate surface area is 127 Å². The molecule has 2 unspecified atom stereocenters. The molecule has 0 spiro atoms. The molecule has 2 aromatic rings. The van der Waals surface area contributed by atoms with Crippen molar-refractivity contribution in [3.63, 3.8) is 0 Å². The van der Waals surface area contributed by atoms with Crippen molar-refractivity contribution in [1.82, 2.24) is 14.9 Å². The molecular formula is C17H24N4. The molecule has 0 amide bonds. The third kappa shape index (κ3) is 4.09. The molecule has 0 bridgehead atoms. The van der Waals surface area contributed by atoms with Crippen LogP contribution in [0.2, 0.25) is 0 Å². The second-order valence-electron chi connectivity index (χ2n) is 5.39. The van der Waals surface area contributed by atoms with Crippen LogP contribution in [0.1, 0.15) is 37.0 Å². The summed E-state index contributed by atoms with van der Waals surface area (Å²) >= 11 is 0. The van der Waals surface area contributed by atoms with Crippen molar-refractivity contribution in [3.8, 4) is 0 Å². The van der Waals surface area contributed by atoms with E-state index in [2.05, 4.69) is 27.9 Å². The third-order valence-corrected chi connectivity index (χ3v) is 3.60. The topological polar surface area (TPSA) is 55.0 Å². The largest absolute Gasteiger partial charge is 0.326 e. The molecule has 0 radical (unpaired) electrons. The number of hydrogen-bond acceptors (Lipinski definition) is 4. The van der Waals surface area contributed by atoms with E-state index in [1.54, 1.807) is 0 Å². The summed E-state index contributed by atoms with van der Waals surface area (Å²) in [5, 5.41) is 0. The van der Waals surface area contributed by atoms with E-state index in [1.165, 1.54) is 0 Å². The number of pyridine rings is 2. The molecule has 0 fully saturated rings. The average molecular weight is 284 g/mol. The van der Waals surface area contributed by atoms with Gasteiger partial charge >= 0.3 is 0 Å². The van der Waals surface area contributed by atoms with E-state index in [0.717, 1.165) is 30.2 Å². The molecule has 21 heavy (non-hydrogen) atoms. The first-order valence-corrected chi connectivity index (χ1v) is 7.45. The van der Waals surface area contributed by atoms with E-state index in [4.69, 9.17) is 5.73 Å². The summed E-state index contributed by atoms with van der Waals surface area (Å²) in [5.41, 5.74) is 9.35. The summed E-state index contributed by atoms with van der Waals surface area (Å²) in [6.07, 6.45) is 1.82. The van der Waals surface area contributed by atoms with Crippen molar-refractivity contribution >= 4 is 0 Å². The second-order valence-corrected chi connectivity index (χ2v) is 5.39. The zero-order valence-corrected chi connectivity index (χ0v) is 13.0. The Morgan fingerprint density at radius 2 is 2.00 bits per heavy atom. The first kappa shape index (κ1) is 15.6. The lowest BCUT2D eigenvalue weighted by Crippen LogP contribution is -2.39. The number of aryl methyl sites for hydroxylation is 1. The van der Waals surface area contributed by atoms with Gasteiger partial charge in [-0.3, -0.25) is 14.9 Å². The molecule has 0 saturated heterocycles. The fourth-order valence-electron chi connectivity index (χ4n) is 2.64. The molecule has 0 aliphatic heterocycles. The van der Waals surface area contributed by atoms with Crippen molar-refractivity contribution in [3.05, 3.63) is 59.7 Å². The Bertz CT molecular complexity index is 554. The molecule has 2 rings (SSSR count). The number of aromatic nitrogens is 2. The molecular weight excluding hydrogens is 260 g/mol. The van der Waals surface area contributed by atoms with Crippen LogP contribution in [-0.2, 0) is 6.54 Å². The van der Waals surface area contributed by atoms with Crippen molar-refractivity contribution in [2.75, 3.05) is 6.54 Å². The van der Waals surface area contributed by atoms with Crippen LogP contribution in [0.5, 0.6) is 0 Å². The van der Waals surface area contributed by atoms with E-state index in [0.29, 0.717) is 0 Å². The summed E-state index contributed by atoms with van der Waals surface area (Å²) in [6, 6.07) is 12.2. The number of nitrogens with zero attached hydrogens (tertiary/aromatic N) is 3. The highest BCUT2D eigenvalue weighted by Gasteiger charge is 2.24. The van der Waals surface area contributed by atoms with Gasteiger partial charge in [0.05, 0.1) is 17.4 Å². The van der Waals surface area contributed by atoms with Gasteiger partial charge in [0, 0.05) is 24.5 Å². The van der Waals surface area contributed by atoms with Gasteiger partial charge in [-0.25, -0.2) is 0 Å². The molecule has 0 saturated carbocycles. The summed E-state index contributed by atoms with van der Waals surface area (Å²) < 4.78 is 0. The van der Waals surface area contributed by atoms with Gasteiger partial charge in [0.1, 0.15) is 0 Å². The van der Waals surface area contributed by atoms with E-state index >= 15 is 0 Å². The Kier molecular flexibility index (Phi) is 5.42. The molecule has 112 valence electrons. The fourth-order valence-corrected chi connectivity index (χ4v) is 2.64. The van der Waals surface area contributed by atoms with Gasteiger partial charge in [-0.1, -0.05) is 19.1 Å². The Morgan fingerprint density at radius 1 is 1.19 bits per heavy atom. The van der Waals surface area contributed by atoms with Crippen molar-refractivity contribution in [2.24, 2.45) is 5.73 Å². The van der Waals surface area contributed by atoms with Crippen molar-refractivity contribution in [1.29, 1.82) is 0 Å². The van der Waals surface area contributed by atoms with Crippen LogP contribution < -0.4 is 5.73 Å². The van der Waals surface area contributed by atoms with Crippen LogP contribution in [0.4, 0.5) is 0 Å². The van der Waals surface area contributed by atoms with Gasteiger partial charge in [-0.2, -0.15) is 0 Å². The summed E-state index contributed by atoms with van der Waals surface area (Å²) in [7, 11) is 0. The summed E-state index contributed by atoms with van der Waals surface area (Å²) in [6.45, 7) is 7.88. The Hall–Kier alpha value is -1.78. The number of likely N-dealkylation sites (N-methyl/N-ethyl adjacent to an activating group) is 1. The molecule has 2 aromatic heterocycles. The summed E-state index contributed by atoms with van der Waals surface area (Å²) in [4.78, 5) is 11.4. The van der Waals surface area contributed by atoms with Gasteiger partial charge in [0.25, 0.3) is 0 Å². The lowest BCUT2D eigenvalue weighted by molar-refractivity contribution is 0.171. The number of nitrogens with two attached hydrogens (primary N) is 1. The maximum Gasteiger partial charge on any atom is 0.0674 e. The van der Waals surface area contributed by atoms with Gasteiger partial charge in [0.2, 0.25) is 0 Å². The van der Waals surface area contributed by atoms with Gasteiger partial charge < -0.3 is 5.73 Å². The molecule has 4 heteroatoms. The van der Waals surface area contributed by atoms with Crippen molar-refractivity contribution in [2.45, 2.75) is 39.4 Å². The summed E-state index contributed by atoms with van der Waals surface area (Å²) in [5.74, 6) is 0. The molecule has 4 nitrogen and oxygen atoms in total. The number of rotatable bonds is 6. The Balaban J connectivity index is 2.24. The van der Waals surface area contributed by atoms with Gasteiger partial charge in [0.15, 0.2) is 0 Å². The fraction of sp³-hybridized carbons (Fsp3) is 0.412. The van der Waals surface area contributed by atoms with Gasteiger partial charge in [-0.15, -0.1) is 0 Å². The molecule has 2 N–H and O–H groups in total. The van der Waals surface area contributed by atoms with Crippen LogP contribution in [-0.4, -0.2) is 27.5 Å². The smallest absolute Gasteiger partial charge is 0.0674 e. The highest BCUT2D eigenvalue weighted by atomic mass is 15.2. The van der Waals surface area contributed by atoms with Crippen LogP contribution in [0.15, 0.2) is 42.6 Å². The van der Waals surface area contributed by atoms with E-state index < -0.39 is 0 Å². The maximum atomic E-state index is 6.23. The standard InChI is InChI=1S/C17H24N4/c1-4-21(12-15-9-7-8-13(2)20-15)17(14(3)18)16-10-5-6-11-19-16/h5-11,14,17H,4,12,18H2,1-3H3. The molecule has 0 aliphatic carbocycles. The first-order chi connectivity index (χ1) is 10.1. The van der Waals surface area contributed by atoms with Crippen LogP contribution >= 0.6 is 0 Å². The van der Waals surface area contributed by atoms with E-state index in [1.807, 2.05) is 50.4 Å². The molecule has 0 aromatic carbocycles. The van der Waals surface area contributed by atoms with Crippen LogP contribution in [0.3, 0.4) is 0 Å². The van der Waals surface area contributed by atoms with Gasteiger partial charge in [-0.05, 0) is 44.7 Å². The quantitative estimate of drug-likeness (QED) is 0.886. The lowest BCUT2D eigenvalue weighted by atomic mass is 10.0. The Morgan fingerprint density at radius 3 is 2.57 bits per heavy atom. The molecule has 0 aliphatic rings. The predicted molar refractivity (Wildman–Crippen MR) is 85.7 cm³/mol. The number of hydrogen-bond donors (Lipinski definition) is 1. The van der Waals surface area contributed by atoms with E-state index in [9.17, 15) is 0 Å². The normalized spacial score (nSPS) is 14.1. The zero-order chi connectivity index (χ0) is 15.2.